The van der Waals surface area contributed by atoms with Crippen molar-refractivity contribution in [1.82, 2.24) is 20.1 Å². The highest BCUT2D eigenvalue weighted by atomic mass is 32.1. The Kier molecular flexibility index (Phi) is 4.28. The monoisotopic (exact) mass is 294 g/mol. The van der Waals surface area contributed by atoms with E-state index in [0.717, 1.165) is 0 Å². The third-order valence-corrected chi connectivity index (χ3v) is 3.76. The van der Waals surface area contributed by atoms with Crippen molar-refractivity contribution < 1.29 is 4.79 Å². The minimum Gasteiger partial charge on any atom is -0.342 e. The minimum atomic E-state index is -0.234. The van der Waals surface area contributed by atoms with Gasteiger partial charge in [0.15, 0.2) is 10.6 Å². The molecule has 100 valence electrons. The lowest BCUT2D eigenvalue weighted by atomic mass is 10.3. The molecule has 2 N–H and O–H groups in total. The van der Waals surface area contributed by atoms with E-state index in [2.05, 4.69) is 22.1 Å². The molecule has 2 aromatic rings. The molecular formula is C12H14N4OS2. The highest BCUT2D eigenvalue weighted by molar-refractivity contribution is 7.71. The van der Waals surface area contributed by atoms with E-state index in [1.807, 2.05) is 22.9 Å². The third kappa shape index (κ3) is 2.99. The fraction of sp³-hybridized carbons (Fsp3) is 0.250. The summed E-state index contributed by atoms with van der Waals surface area (Å²) in [6.07, 6.45) is 1.74. The maximum Gasteiger partial charge on any atom is 0.261 e. The number of hydrogen-bond donors (Lipinski definition) is 2. The van der Waals surface area contributed by atoms with Gasteiger partial charge in [0.2, 0.25) is 0 Å². The maximum absolute atomic E-state index is 12.0. The van der Waals surface area contributed by atoms with E-state index < -0.39 is 0 Å². The van der Waals surface area contributed by atoms with E-state index in [-0.39, 0.29) is 11.9 Å². The number of thiophene rings is 1. The van der Waals surface area contributed by atoms with E-state index in [1.165, 1.54) is 11.3 Å². The van der Waals surface area contributed by atoms with E-state index in [0.29, 0.717) is 22.0 Å². The van der Waals surface area contributed by atoms with Crippen molar-refractivity contribution in [2.75, 3.05) is 0 Å². The Labute approximate surface area is 120 Å². The normalized spacial score (nSPS) is 12.1. The quantitative estimate of drug-likeness (QED) is 0.658. The van der Waals surface area contributed by atoms with Gasteiger partial charge in [0, 0.05) is 6.54 Å². The number of nitrogens with zero attached hydrogens (tertiary/aromatic N) is 2. The molecule has 7 heteroatoms. The molecule has 5 nitrogen and oxygen atoms in total. The largest absolute Gasteiger partial charge is 0.342 e. The molecule has 0 unspecified atom stereocenters. The molecule has 0 fully saturated rings. The van der Waals surface area contributed by atoms with Crippen LogP contribution in [0.3, 0.4) is 0 Å². The van der Waals surface area contributed by atoms with Crippen LogP contribution in [0.15, 0.2) is 30.2 Å². The first-order chi connectivity index (χ1) is 9.13. The zero-order valence-corrected chi connectivity index (χ0v) is 12.1. The molecule has 1 atom stereocenters. The van der Waals surface area contributed by atoms with Crippen LogP contribution in [0, 0.1) is 4.77 Å². The fourth-order valence-electron chi connectivity index (χ4n) is 1.71. The first-order valence-corrected chi connectivity index (χ1v) is 7.02. The van der Waals surface area contributed by atoms with Gasteiger partial charge in [-0.1, -0.05) is 12.1 Å². The second-order valence-electron chi connectivity index (χ2n) is 3.96. The van der Waals surface area contributed by atoms with Gasteiger partial charge in [-0.25, -0.2) is 0 Å². The topological polar surface area (TPSA) is 62.7 Å². The van der Waals surface area contributed by atoms with Crippen LogP contribution in [0.4, 0.5) is 0 Å². The molecule has 0 aliphatic carbocycles. The highest BCUT2D eigenvalue weighted by Gasteiger charge is 2.17. The zero-order valence-electron chi connectivity index (χ0n) is 10.4. The number of rotatable bonds is 5. The fourth-order valence-corrected chi connectivity index (χ4v) is 2.55. The van der Waals surface area contributed by atoms with Crippen molar-refractivity contribution >= 4 is 29.5 Å². The van der Waals surface area contributed by atoms with Crippen molar-refractivity contribution in [3.05, 3.63) is 45.6 Å². The average molecular weight is 294 g/mol. The lowest BCUT2D eigenvalue weighted by molar-refractivity contribution is 0.0942. The first kappa shape index (κ1) is 13.7. The lowest BCUT2D eigenvalue weighted by Crippen LogP contribution is -2.28. The molecule has 2 heterocycles. The van der Waals surface area contributed by atoms with Crippen LogP contribution in [0.2, 0.25) is 0 Å². The van der Waals surface area contributed by atoms with Crippen LogP contribution in [0.1, 0.15) is 28.5 Å². The Morgan fingerprint density at radius 3 is 3.21 bits per heavy atom. The minimum absolute atomic E-state index is 0.110. The number of hydrogen-bond acceptors (Lipinski definition) is 4. The van der Waals surface area contributed by atoms with Crippen LogP contribution in [-0.4, -0.2) is 20.7 Å². The summed E-state index contributed by atoms with van der Waals surface area (Å²) in [6.45, 7) is 6.11. The average Bonchev–Trinajstić information content (AvgIpc) is 3.01. The van der Waals surface area contributed by atoms with E-state index in [9.17, 15) is 4.79 Å². The molecule has 0 aromatic carbocycles. The van der Waals surface area contributed by atoms with Gasteiger partial charge >= 0.3 is 0 Å². The molecule has 0 spiro atoms. The molecule has 0 saturated heterocycles. The molecular weight excluding hydrogens is 280 g/mol. The van der Waals surface area contributed by atoms with Gasteiger partial charge in [-0.3, -0.25) is 14.5 Å². The Bertz CT molecular complexity index is 626. The van der Waals surface area contributed by atoms with Gasteiger partial charge in [0.1, 0.15) is 0 Å². The van der Waals surface area contributed by atoms with E-state index in [1.54, 1.807) is 12.1 Å². The van der Waals surface area contributed by atoms with Crippen molar-refractivity contribution in [1.29, 1.82) is 0 Å². The SMILES string of the molecule is C=CCn1c([C@H](C)NC(=O)c2cccs2)n[nH]c1=S. The molecule has 0 radical (unpaired) electrons. The third-order valence-electron chi connectivity index (χ3n) is 2.58. The molecule has 19 heavy (non-hydrogen) atoms. The Hall–Kier alpha value is -1.73. The maximum atomic E-state index is 12.0. The molecule has 0 aliphatic heterocycles. The summed E-state index contributed by atoms with van der Waals surface area (Å²) in [4.78, 5) is 12.6. The van der Waals surface area contributed by atoms with E-state index in [4.69, 9.17) is 12.2 Å². The summed E-state index contributed by atoms with van der Waals surface area (Å²) >= 11 is 6.54. The van der Waals surface area contributed by atoms with Crippen molar-refractivity contribution in [3.8, 4) is 0 Å². The van der Waals surface area contributed by atoms with Crippen LogP contribution in [-0.2, 0) is 6.54 Å². The highest BCUT2D eigenvalue weighted by Crippen LogP contribution is 2.13. The second-order valence-corrected chi connectivity index (χ2v) is 5.29. The van der Waals surface area contributed by atoms with Crippen molar-refractivity contribution in [2.24, 2.45) is 0 Å². The molecule has 1 amide bonds. The van der Waals surface area contributed by atoms with Crippen LogP contribution in [0.5, 0.6) is 0 Å². The first-order valence-electron chi connectivity index (χ1n) is 5.74. The Morgan fingerprint density at radius 2 is 2.58 bits per heavy atom. The predicted molar refractivity (Wildman–Crippen MR) is 77.8 cm³/mol. The molecule has 2 aromatic heterocycles. The van der Waals surface area contributed by atoms with E-state index >= 15 is 0 Å². The Balaban J connectivity index is 2.16. The number of aromatic nitrogens is 3. The number of H-pyrrole nitrogens is 1. The summed E-state index contributed by atoms with van der Waals surface area (Å²) in [6, 6.07) is 3.40. The molecule has 0 aliphatic rings. The summed E-state index contributed by atoms with van der Waals surface area (Å²) in [5.74, 6) is 0.580. The lowest BCUT2D eigenvalue weighted by Gasteiger charge is -2.13. The summed E-state index contributed by atoms with van der Waals surface area (Å²) in [7, 11) is 0. The van der Waals surface area contributed by atoms with Crippen LogP contribution >= 0.6 is 23.6 Å². The number of allylic oxidation sites excluding steroid dienone is 1. The molecule has 0 saturated carbocycles. The van der Waals surface area contributed by atoms with Gasteiger partial charge in [-0.15, -0.1) is 17.9 Å². The molecule has 0 bridgehead atoms. The van der Waals surface area contributed by atoms with Gasteiger partial charge in [-0.2, -0.15) is 5.10 Å². The van der Waals surface area contributed by atoms with Crippen LogP contribution < -0.4 is 5.32 Å². The molecule has 2 rings (SSSR count). The van der Waals surface area contributed by atoms with Crippen LogP contribution in [0.25, 0.3) is 0 Å². The Morgan fingerprint density at radius 1 is 1.79 bits per heavy atom. The van der Waals surface area contributed by atoms with Gasteiger partial charge < -0.3 is 5.32 Å². The van der Waals surface area contributed by atoms with Gasteiger partial charge in [0.25, 0.3) is 5.91 Å². The zero-order chi connectivity index (χ0) is 13.8. The number of aromatic amines is 1. The predicted octanol–water partition coefficient (Wildman–Crippen LogP) is 2.68. The van der Waals surface area contributed by atoms with Crippen molar-refractivity contribution in [2.45, 2.75) is 19.5 Å². The number of carbonyl (C=O) groups is 1. The summed E-state index contributed by atoms with van der Waals surface area (Å²) in [5, 5.41) is 11.7. The van der Waals surface area contributed by atoms with Crippen molar-refractivity contribution in [3.63, 3.8) is 0 Å². The summed E-state index contributed by atoms with van der Waals surface area (Å²) in [5.41, 5.74) is 0. The smallest absolute Gasteiger partial charge is 0.261 e. The number of carbonyl (C=O) groups excluding carboxylic acids is 1. The summed E-state index contributed by atoms with van der Waals surface area (Å²) < 4.78 is 2.33. The standard InChI is InChI=1S/C12H14N4OS2/c1-3-6-16-10(14-15-12(16)18)8(2)13-11(17)9-5-4-7-19-9/h3-5,7-8H,1,6H2,2H3,(H,13,17)(H,15,18)/t8-/m0/s1. The van der Waals surface area contributed by atoms with Gasteiger partial charge in [0.05, 0.1) is 10.9 Å². The number of nitrogens with one attached hydrogen (secondary N) is 2. The number of amides is 1. The second kappa shape index (κ2) is 5.94. The van der Waals surface area contributed by atoms with Gasteiger partial charge in [-0.05, 0) is 30.6 Å².